The number of ether oxygens (including phenoxy) is 1. The van der Waals surface area contributed by atoms with Crippen LogP contribution in [0, 0.1) is 5.92 Å². The van der Waals surface area contributed by atoms with E-state index in [1.807, 2.05) is 11.9 Å². The Balaban J connectivity index is 3.35. The zero-order valence-electron chi connectivity index (χ0n) is 9.94. The number of amidine groups is 1. The van der Waals surface area contributed by atoms with E-state index in [0.29, 0.717) is 19.1 Å². The van der Waals surface area contributed by atoms with Crippen molar-refractivity contribution >= 4 is 5.84 Å². The van der Waals surface area contributed by atoms with Crippen LogP contribution in [0.3, 0.4) is 0 Å². The van der Waals surface area contributed by atoms with Crippen molar-refractivity contribution in [2.24, 2.45) is 16.8 Å². The van der Waals surface area contributed by atoms with Crippen LogP contribution in [0.15, 0.2) is 5.16 Å². The van der Waals surface area contributed by atoms with Gasteiger partial charge in [-0.25, -0.2) is 0 Å². The molecule has 0 saturated heterocycles. The van der Waals surface area contributed by atoms with E-state index >= 15 is 0 Å². The van der Waals surface area contributed by atoms with Crippen LogP contribution >= 0.6 is 0 Å². The molecule has 0 heterocycles. The smallest absolute Gasteiger partial charge is 0.153 e. The number of nitrogens with two attached hydrogens (primary N) is 1. The fraction of sp³-hybridized carbons (Fsp3) is 0.900. The van der Waals surface area contributed by atoms with Gasteiger partial charge >= 0.3 is 0 Å². The van der Waals surface area contributed by atoms with Gasteiger partial charge in [-0.2, -0.15) is 0 Å². The van der Waals surface area contributed by atoms with Gasteiger partial charge in [0.25, 0.3) is 0 Å². The lowest BCUT2D eigenvalue weighted by Crippen LogP contribution is -2.33. The van der Waals surface area contributed by atoms with Crippen LogP contribution in [-0.2, 0) is 4.74 Å². The Hall–Kier alpha value is -0.810. The molecule has 0 fully saturated rings. The van der Waals surface area contributed by atoms with E-state index in [-0.39, 0.29) is 5.84 Å². The molecule has 0 spiro atoms. The van der Waals surface area contributed by atoms with Gasteiger partial charge in [-0.1, -0.05) is 19.0 Å². The molecule has 0 aliphatic rings. The number of hydrogen-bond acceptors (Lipinski definition) is 4. The standard InChI is InChI=1S/C10H23N3O2/c1-9(2)4-6-15-7-5-13(3)8-10(11)12-14/h9,14H,4-8H2,1-3H3,(H2,11,12). The van der Waals surface area contributed by atoms with Crippen LogP contribution < -0.4 is 5.73 Å². The Morgan fingerprint density at radius 3 is 2.67 bits per heavy atom. The van der Waals surface area contributed by atoms with Crippen molar-refractivity contribution in [3.63, 3.8) is 0 Å². The van der Waals surface area contributed by atoms with Crippen LogP contribution in [0.1, 0.15) is 20.3 Å². The lowest BCUT2D eigenvalue weighted by atomic mass is 10.1. The second-order valence-electron chi connectivity index (χ2n) is 4.12. The van der Waals surface area contributed by atoms with Gasteiger partial charge in [0.2, 0.25) is 0 Å². The normalized spacial score (nSPS) is 12.7. The van der Waals surface area contributed by atoms with Crippen LogP contribution in [0.4, 0.5) is 0 Å². The van der Waals surface area contributed by atoms with Gasteiger partial charge in [0.05, 0.1) is 13.2 Å². The summed E-state index contributed by atoms with van der Waals surface area (Å²) in [5.74, 6) is 0.902. The average molecular weight is 217 g/mol. The molecule has 90 valence electrons. The lowest BCUT2D eigenvalue weighted by molar-refractivity contribution is 0.106. The van der Waals surface area contributed by atoms with E-state index in [9.17, 15) is 0 Å². The summed E-state index contributed by atoms with van der Waals surface area (Å²) in [6.07, 6.45) is 1.09. The molecule has 5 nitrogen and oxygen atoms in total. The van der Waals surface area contributed by atoms with Gasteiger partial charge in [0.1, 0.15) is 0 Å². The third-order valence-corrected chi connectivity index (χ3v) is 2.02. The fourth-order valence-electron chi connectivity index (χ4n) is 1.03. The van der Waals surface area contributed by atoms with Crippen LogP contribution in [0.2, 0.25) is 0 Å². The summed E-state index contributed by atoms with van der Waals surface area (Å²) in [7, 11) is 1.91. The fourth-order valence-corrected chi connectivity index (χ4v) is 1.03. The Morgan fingerprint density at radius 1 is 1.47 bits per heavy atom. The van der Waals surface area contributed by atoms with Crippen LogP contribution in [0.25, 0.3) is 0 Å². The second-order valence-corrected chi connectivity index (χ2v) is 4.12. The highest BCUT2D eigenvalue weighted by molar-refractivity contribution is 5.81. The molecule has 0 aromatic carbocycles. The van der Waals surface area contributed by atoms with Gasteiger partial charge in [0.15, 0.2) is 5.84 Å². The van der Waals surface area contributed by atoms with E-state index in [0.717, 1.165) is 19.6 Å². The Labute approximate surface area is 91.9 Å². The Kier molecular flexibility index (Phi) is 8.04. The maximum Gasteiger partial charge on any atom is 0.153 e. The molecule has 0 atom stereocenters. The van der Waals surface area contributed by atoms with E-state index in [4.69, 9.17) is 15.7 Å². The molecular formula is C10H23N3O2. The first-order chi connectivity index (χ1) is 7.06. The summed E-state index contributed by atoms with van der Waals surface area (Å²) in [5.41, 5.74) is 5.36. The highest BCUT2D eigenvalue weighted by atomic mass is 16.5. The first-order valence-electron chi connectivity index (χ1n) is 5.29. The molecular weight excluding hydrogens is 194 g/mol. The SMILES string of the molecule is CC(C)CCOCCN(C)CC(N)=NO. The summed E-state index contributed by atoms with van der Waals surface area (Å²) < 4.78 is 5.45. The predicted molar refractivity (Wildman–Crippen MR) is 61.2 cm³/mol. The summed E-state index contributed by atoms with van der Waals surface area (Å²) in [6.45, 7) is 7.08. The third-order valence-electron chi connectivity index (χ3n) is 2.02. The molecule has 15 heavy (non-hydrogen) atoms. The number of likely N-dealkylation sites (N-methyl/N-ethyl adjacent to an activating group) is 1. The average Bonchev–Trinajstić information content (AvgIpc) is 2.16. The minimum Gasteiger partial charge on any atom is -0.409 e. The van der Waals surface area contributed by atoms with Crippen molar-refractivity contribution in [1.82, 2.24) is 4.90 Å². The minimum atomic E-state index is 0.222. The zero-order valence-corrected chi connectivity index (χ0v) is 9.94. The highest BCUT2D eigenvalue weighted by Gasteiger charge is 2.01. The van der Waals surface area contributed by atoms with Gasteiger partial charge in [-0.05, 0) is 19.4 Å². The first-order valence-corrected chi connectivity index (χ1v) is 5.29. The van der Waals surface area contributed by atoms with Gasteiger partial charge in [-0.3, -0.25) is 4.90 Å². The van der Waals surface area contributed by atoms with E-state index < -0.39 is 0 Å². The lowest BCUT2D eigenvalue weighted by Gasteiger charge is -2.15. The van der Waals surface area contributed by atoms with Crippen molar-refractivity contribution in [3.8, 4) is 0 Å². The van der Waals surface area contributed by atoms with Crippen molar-refractivity contribution in [1.29, 1.82) is 0 Å². The maximum absolute atomic E-state index is 8.36. The molecule has 0 amide bonds. The van der Waals surface area contributed by atoms with Crippen molar-refractivity contribution in [2.75, 3.05) is 33.4 Å². The summed E-state index contributed by atoms with van der Waals surface area (Å²) >= 11 is 0. The Bertz CT molecular complexity index is 184. The number of oxime groups is 1. The van der Waals surface area contributed by atoms with Crippen LogP contribution in [0.5, 0.6) is 0 Å². The minimum absolute atomic E-state index is 0.222. The van der Waals surface area contributed by atoms with E-state index in [1.165, 1.54) is 0 Å². The van der Waals surface area contributed by atoms with Gasteiger partial charge < -0.3 is 15.7 Å². The first kappa shape index (κ1) is 14.2. The Morgan fingerprint density at radius 2 is 2.13 bits per heavy atom. The molecule has 3 N–H and O–H groups in total. The van der Waals surface area contributed by atoms with Crippen molar-refractivity contribution in [3.05, 3.63) is 0 Å². The number of rotatable bonds is 8. The zero-order chi connectivity index (χ0) is 11.7. The molecule has 0 rings (SSSR count). The molecule has 5 heteroatoms. The molecule has 0 aromatic heterocycles. The topological polar surface area (TPSA) is 71.1 Å². The van der Waals surface area contributed by atoms with E-state index in [1.54, 1.807) is 0 Å². The number of hydrogen-bond donors (Lipinski definition) is 2. The highest BCUT2D eigenvalue weighted by Crippen LogP contribution is 1.98. The maximum atomic E-state index is 8.36. The summed E-state index contributed by atoms with van der Waals surface area (Å²) in [5, 5.41) is 11.3. The molecule has 0 unspecified atom stereocenters. The molecule has 0 saturated carbocycles. The number of nitrogens with zero attached hydrogens (tertiary/aromatic N) is 2. The van der Waals surface area contributed by atoms with Gasteiger partial charge in [0, 0.05) is 13.2 Å². The van der Waals surface area contributed by atoms with Crippen LogP contribution in [-0.4, -0.2) is 49.3 Å². The summed E-state index contributed by atoms with van der Waals surface area (Å²) in [6, 6.07) is 0. The molecule has 0 bridgehead atoms. The largest absolute Gasteiger partial charge is 0.409 e. The third kappa shape index (κ3) is 9.49. The van der Waals surface area contributed by atoms with E-state index in [2.05, 4.69) is 19.0 Å². The van der Waals surface area contributed by atoms with Crippen molar-refractivity contribution in [2.45, 2.75) is 20.3 Å². The predicted octanol–water partition coefficient (Wildman–Crippen LogP) is 0.727. The molecule has 0 radical (unpaired) electrons. The molecule has 0 aromatic rings. The molecule has 0 aliphatic carbocycles. The molecule has 0 aliphatic heterocycles. The van der Waals surface area contributed by atoms with Crippen molar-refractivity contribution < 1.29 is 9.94 Å². The quantitative estimate of drug-likeness (QED) is 0.207. The van der Waals surface area contributed by atoms with Gasteiger partial charge in [-0.15, -0.1) is 0 Å². The monoisotopic (exact) mass is 217 g/mol. The summed E-state index contributed by atoms with van der Waals surface area (Å²) in [4.78, 5) is 1.95. The second kappa shape index (κ2) is 8.49.